The quantitative estimate of drug-likeness (QED) is 0.393. The first kappa shape index (κ1) is 14.6. The van der Waals surface area contributed by atoms with E-state index in [0.717, 1.165) is 5.56 Å². The fraction of sp³-hybridized carbons (Fsp3) is 0.133. The number of amidine groups is 1. The molecule has 0 spiro atoms. The van der Waals surface area contributed by atoms with Crippen molar-refractivity contribution in [3.63, 3.8) is 0 Å². The number of nitrogens with zero attached hydrogens (tertiary/aromatic N) is 1. The normalized spacial score (nSPS) is 11.3. The highest BCUT2D eigenvalue weighted by Crippen LogP contribution is 2.31. The van der Waals surface area contributed by atoms with E-state index in [4.69, 9.17) is 20.4 Å². The summed E-state index contributed by atoms with van der Waals surface area (Å²) in [6, 6.07) is 9.25. The van der Waals surface area contributed by atoms with Gasteiger partial charge in [-0.2, -0.15) is 0 Å². The zero-order chi connectivity index (χ0) is 15.4. The molecule has 2 rings (SSSR count). The minimum atomic E-state index is -0.506. The number of ether oxygens (including phenoxy) is 2. The Bertz CT molecular complexity index is 687. The second-order valence-electron chi connectivity index (χ2n) is 4.38. The summed E-state index contributed by atoms with van der Waals surface area (Å²) in [5, 5.41) is 11.7. The largest absolute Gasteiger partial charge is 0.497 e. The molecule has 0 radical (unpaired) electrons. The van der Waals surface area contributed by atoms with Crippen molar-refractivity contribution < 1.29 is 19.1 Å². The Morgan fingerprint density at radius 2 is 1.95 bits per heavy atom. The second-order valence-corrected chi connectivity index (χ2v) is 4.38. The lowest BCUT2D eigenvalue weighted by Gasteiger charge is -2.13. The van der Waals surface area contributed by atoms with Crippen LogP contribution < -0.4 is 15.2 Å². The molecule has 0 aliphatic carbocycles. The van der Waals surface area contributed by atoms with Crippen LogP contribution in [0.3, 0.4) is 0 Å². The highest BCUT2D eigenvalue weighted by atomic mass is 19.1. The lowest BCUT2D eigenvalue weighted by Crippen LogP contribution is -2.14. The molecule has 0 heterocycles. The number of oxime groups is 1. The van der Waals surface area contributed by atoms with Crippen LogP contribution >= 0.6 is 0 Å². The lowest BCUT2D eigenvalue weighted by molar-refractivity contribution is 0.318. The molecule has 0 aliphatic rings. The van der Waals surface area contributed by atoms with Gasteiger partial charge in [-0.15, -0.1) is 0 Å². The lowest BCUT2D eigenvalue weighted by atomic mass is 10.1. The molecule has 110 valence electrons. The molecule has 0 saturated heterocycles. The van der Waals surface area contributed by atoms with Crippen molar-refractivity contribution in [2.24, 2.45) is 10.9 Å². The van der Waals surface area contributed by atoms with E-state index in [1.165, 1.54) is 19.2 Å². The van der Waals surface area contributed by atoms with E-state index in [-0.39, 0.29) is 17.3 Å². The molecular weight excluding hydrogens is 275 g/mol. The van der Waals surface area contributed by atoms with Crippen molar-refractivity contribution >= 4 is 5.84 Å². The molecule has 3 N–H and O–H groups in total. The maximum Gasteiger partial charge on any atom is 0.173 e. The van der Waals surface area contributed by atoms with Crippen molar-refractivity contribution in [2.75, 3.05) is 7.11 Å². The van der Waals surface area contributed by atoms with E-state index in [1.807, 2.05) is 6.92 Å². The van der Waals surface area contributed by atoms with Crippen molar-refractivity contribution in [3.8, 4) is 17.2 Å². The van der Waals surface area contributed by atoms with Gasteiger partial charge in [0.15, 0.2) is 17.4 Å². The summed E-state index contributed by atoms with van der Waals surface area (Å²) in [6.45, 7) is 1.82. The molecule has 0 fully saturated rings. The maximum absolute atomic E-state index is 13.8. The van der Waals surface area contributed by atoms with Crippen molar-refractivity contribution in [3.05, 3.63) is 53.3 Å². The third-order valence-electron chi connectivity index (χ3n) is 2.88. The first-order valence-electron chi connectivity index (χ1n) is 6.15. The number of benzene rings is 2. The van der Waals surface area contributed by atoms with Gasteiger partial charge in [-0.25, -0.2) is 4.39 Å². The second kappa shape index (κ2) is 6.13. The van der Waals surface area contributed by atoms with Gasteiger partial charge in [0.2, 0.25) is 0 Å². The number of methoxy groups -OCH3 is 1. The monoisotopic (exact) mass is 290 g/mol. The summed E-state index contributed by atoms with van der Waals surface area (Å²) in [4.78, 5) is 0. The van der Waals surface area contributed by atoms with Gasteiger partial charge in [-0.05, 0) is 36.8 Å². The molecular formula is C15H15FN2O3. The molecule has 0 unspecified atom stereocenters. The maximum atomic E-state index is 13.8. The minimum absolute atomic E-state index is 0.0512. The molecule has 0 aromatic heterocycles. The van der Waals surface area contributed by atoms with Crippen molar-refractivity contribution in [1.29, 1.82) is 0 Å². The van der Waals surface area contributed by atoms with E-state index < -0.39 is 5.82 Å². The Labute approximate surface area is 121 Å². The molecule has 0 atom stereocenters. The zero-order valence-corrected chi connectivity index (χ0v) is 11.6. The van der Waals surface area contributed by atoms with Gasteiger partial charge in [-0.3, -0.25) is 0 Å². The molecule has 2 aromatic rings. The Hall–Kier alpha value is -2.76. The number of rotatable bonds is 4. The van der Waals surface area contributed by atoms with Gasteiger partial charge in [0.05, 0.1) is 12.7 Å². The summed E-state index contributed by atoms with van der Waals surface area (Å²) < 4.78 is 24.4. The van der Waals surface area contributed by atoms with Gasteiger partial charge < -0.3 is 20.4 Å². The molecule has 21 heavy (non-hydrogen) atoms. The molecule has 2 aromatic carbocycles. The summed E-state index contributed by atoms with van der Waals surface area (Å²) in [5.41, 5.74) is 6.77. The summed E-state index contributed by atoms with van der Waals surface area (Å²) in [5.74, 6) is 0.145. The first-order valence-corrected chi connectivity index (χ1v) is 6.15. The van der Waals surface area contributed by atoms with Crippen LogP contribution in [0.15, 0.2) is 41.6 Å². The number of hydrogen-bond acceptors (Lipinski definition) is 4. The third kappa shape index (κ3) is 3.22. The smallest absolute Gasteiger partial charge is 0.173 e. The van der Waals surface area contributed by atoms with E-state index in [9.17, 15) is 4.39 Å². The van der Waals surface area contributed by atoms with Crippen LogP contribution in [0.4, 0.5) is 4.39 Å². The Balaban J connectivity index is 2.48. The standard InChI is InChI=1S/C15H15FN2O3/c1-9-3-6-12(16)14(7-9)21-13-8-10(20-2)4-5-11(13)15(17)18-19/h3-8,19H,1-2H3,(H2,17,18). The predicted molar refractivity (Wildman–Crippen MR) is 76.7 cm³/mol. The minimum Gasteiger partial charge on any atom is -0.497 e. The summed E-state index contributed by atoms with van der Waals surface area (Å²) >= 11 is 0. The Morgan fingerprint density at radius 3 is 2.62 bits per heavy atom. The van der Waals surface area contributed by atoms with Crippen LogP contribution in [0.2, 0.25) is 0 Å². The number of nitrogens with two attached hydrogens (primary N) is 1. The molecule has 0 amide bonds. The van der Waals surface area contributed by atoms with E-state index in [0.29, 0.717) is 11.3 Å². The van der Waals surface area contributed by atoms with E-state index >= 15 is 0 Å². The van der Waals surface area contributed by atoms with Crippen LogP contribution in [0.5, 0.6) is 17.2 Å². The fourth-order valence-electron chi connectivity index (χ4n) is 1.79. The van der Waals surface area contributed by atoms with Crippen LogP contribution in [-0.4, -0.2) is 18.2 Å². The van der Waals surface area contributed by atoms with Gasteiger partial charge in [-0.1, -0.05) is 11.2 Å². The topological polar surface area (TPSA) is 77.1 Å². The zero-order valence-electron chi connectivity index (χ0n) is 11.6. The molecule has 5 nitrogen and oxygen atoms in total. The molecule has 0 saturated carbocycles. The van der Waals surface area contributed by atoms with Gasteiger partial charge in [0.1, 0.15) is 11.5 Å². The van der Waals surface area contributed by atoms with Crippen LogP contribution in [0.1, 0.15) is 11.1 Å². The van der Waals surface area contributed by atoms with Gasteiger partial charge >= 0.3 is 0 Å². The number of hydrogen-bond donors (Lipinski definition) is 2. The highest BCUT2D eigenvalue weighted by Gasteiger charge is 2.13. The Morgan fingerprint density at radius 1 is 1.19 bits per heavy atom. The average molecular weight is 290 g/mol. The van der Waals surface area contributed by atoms with Crippen molar-refractivity contribution in [1.82, 2.24) is 0 Å². The number of halogens is 1. The summed E-state index contributed by atoms with van der Waals surface area (Å²) in [6.07, 6.45) is 0. The van der Waals surface area contributed by atoms with Crippen molar-refractivity contribution in [2.45, 2.75) is 6.92 Å². The fourth-order valence-corrected chi connectivity index (χ4v) is 1.79. The van der Waals surface area contributed by atoms with Crippen LogP contribution in [0, 0.1) is 12.7 Å². The van der Waals surface area contributed by atoms with Crippen LogP contribution in [-0.2, 0) is 0 Å². The molecule has 0 aliphatic heterocycles. The molecule has 0 bridgehead atoms. The average Bonchev–Trinajstić information content (AvgIpc) is 2.50. The van der Waals surface area contributed by atoms with E-state index in [1.54, 1.807) is 24.3 Å². The van der Waals surface area contributed by atoms with E-state index in [2.05, 4.69) is 5.16 Å². The third-order valence-corrected chi connectivity index (χ3v) is 2.88. The number of aryl methyl sites for hydroxylation is 1. The molecule has 6 heteroatoms. The first-order chi connectivity index (χ1) is 10.0. The van der Waals surface area contributed by atoms with Crippen LogP contribution in [0.25, 0.3) is 0 Å². The highest BCUT2D eigenvalue weighted by molar-refractivity contribution is 5.99. The summed E-state index contributed by atoms with van der Waals surface area (Å²) in [7, 11) is 1.50. The van der Waals surface area contributed by atoms with Gasteiger partial charge in [0.25, 0.3) is 0 Å². The predicted octanol–water partition coefficient (Wildman–Crippen LogP) is 3.03. The SMILES string of the molecule is COc1ccc(/C(N)=N/O)c(Oc2cc(C)ccc2F)c1. The van der Waals surface area contributed by atoms with Gasteiger partial charge in [0, 0.05) is 6.07 Å². The Kier molecular flexibility index (Phi) is 4.27.